The van der Waals surface area contributed by atoms with Crippen molar-refractivity contribution in [3.05, 3.63) is 53.1 Å². The topological polar surface area (TPSA) is 76.7 Å². The zero-order valence-electron chi connectivity index (χ0n) is 16.4. The van der Waals surface area contributed by atoms with E-state index < -0.39 is 6.04 Å². The zero-order chi connectivity index (χ0) is 20.7. The van der Waals surface area contributed by atoms with Gasteiger partial charge in [0, 0.05) is 5.69 Å². The van der Waals surface area contributed by atoms with Gasteiger partial charge in [0.05, 0.1) is 24.3 Å². The highest BCUT2D eigenvalue weighted by atomic mass is 35.5. The smallest absolute Gasteiger partial charge is 0.255 e. The quantitative estimate of drug-likeness (QED) is 0.693. The molecular formula is C21H25ClN2O4. The van der Waals surface area contributed by atoms with E-state index in [-0.39, 0.29) is 17.7 Å². The molecule has 0 fully saturated rings. The van der Waals surface area contributed by atoms with Gasteiger partial charge in [-0.25, -0.2) is 0 Å². The van der Waals surface area contributed by atoms with Gasteiger partial charge in [0.25, 0.3) is 5.91 Å². The minimum absolute atomic E-state index is 0.128. The Morgan fingerprint density at radius 1 is 1.11 bits per heavy atom. The lowest BCUT2D eigenvalue weighted by Crippen LogP contribution is -2.47. The number of hydrogen-bond acceptors (Lipinski definition) is 4. The minimum Gasteiger partial charge on any atom is -0.495 e. The highest BCUT2D eigenvalue weighted by molar-refractivity contribution is 6.32. The molecule has 0 aliphatic rings. The molecular weight excluding hydrogens is 380 g/mol. The number of anilines is 1. The Kier molecular flexibility index (Phi) is 7.70. The fourth-order valence-electron chi connectivity index (χ4n) is 2.65. The molecule has 0 aliphatic heterocycles. The second-order valence-corrected chi connectivity index (χ2v) is 6.87. The van der Waals surface area contributed by atoms with Crippen molar-refractivity contribution < 1.29 is 19.1 Å². The first-order valence-corrected chi connectivity index (χ1v) is 9.42. The van der Waals surface area contributed by atoms with Gasteiger partial charge in [-0.15, -0.1) is 0 Å². The van der Waals surface area contributed by atoms with Gasteiger partial charge < -0.3 is 20.1 Å². The molecule has 6 nitrogen and oxygen atoms in total. The van der Waals surface area contributed by atoms with Crippen LogP contribution in [0.5, 0.6) is 11.5 Å². The molecule has 2 aromatic carbocycles. The van der Waals surface area contributed by atoms with Crippen LogP contribution in [-0.2, 0) is 4.79 Å². The van der Waals surface area contributed by atoms with Gasteiger partial charge in [-0.3, -0.25) is 9.59 Å². The lowest BCUT2D eigenvalue weighted by molar-refractivity contribution is -0.118. The van der Waals surface area contributed by atoms with E-state index >= 15 is 0 Å². The predicted molar refractivity (Wildman–Crippen MR) is 110 cm³/mol. The number of ether oxygens (including phenoxy) is 2. The molecule has 2 aromatic rings. The van der Waals surface area contributed by atoms with Gasteiger partial charge in [-0.05, 0) is 43.2 Å². The lowest BCUT2D eigenvalue weighted by atomic mass is 10.0. The van der Waals surface area contributed by atoms with Gasteiger partial charge in [0.15, 0.2) is 0 Å². The summed E-state index contributed by atoms with van der Waals surface area (Å²) in [4.78, 5) is 25.5. The maximum Gasteiger partial charge on any atom is 0.255 e. The largest absolute Gasteiger partial charge is 0.495 e. The van der Waals surface area contributed by atoms with E-state index in [9.17, 15) is 9.59 Å². The van der Waals surface area contributed by atoms with Crippen molar-refractivity contribution in [3.63, 3.8) is 0 Å². The SMILES string of the molecule is CCOc1ccccc1C(=O)N[C@H](C(=O)Nc1ccc(OC)c(Cl)c1)C(C)C. The fourth-order valence-corrected chi connectivity index (χ4v) is 2.91. The summed E-state index contributed by atoms with van der Waals surface area (Å²) >= 11 is 6.11. The fraction of sp³-hybridized carbons (Fsp3) is 0.333. The van der Waals surface area contributed by atoms with E-state index in [1.54, 1.807) is 42.5 Å². The van der Waals surface area contributed by atoms with Crippen LogP contribution in [0.1, 0.15) is 31.1 Å². The van der Waals surface area contributed by atoms with Gasteiger partial charge in [0.2, 0.25) is 5.91 Å². The van der Waals surface area contributed by atoms with Gasteiger partial charge >= 0.3 is 0 Å². The molecule has 28 heavy (non-hydrogen) atoms. The molecule has 0 heterocycles. The van der Waals surface area contributed by atoms with Crippen molar-refractivity contribution in [1.82, 2.24) is 5.32 Å². The summed E-state index contributed by atoms with van der Waals surface area (Å²) < 4.78 is 10.6. The molecule has 0 spiro atoms. The van der Waals surface area contributed by atoms with Crippen LogP contribution in [-0.4, -0.2) is 31.6 Å². The third-order valence-electron chi connectivity index (χ3n) is 4.09. The highest BCUT2D eigenvalue weighted by Crippen LogP contribution is 2.27. The second-order valence-electron chi connectivity index (χ2n) is 6.46. The first-order valence-electron chi connectivity index (χ1n) is 9.04. The summed E-state index contributed by atoms with van der Waals surface area (Å²) in [6, 6.07) is 11.2. The molecule has 0 saturated heterocycles. The lowest BCUT2D eigenvalue weighted by Gasteiger charge is -2.22. The predicted octanol–water partition coefficient (Wildman–Crippen LogP) is 4.14. The number of halogens is 1. The molecule has 0 aromatic heterocycles. The summed E-state index contributed by atoms with van der Waals surface area (Å²) in [7, 11) is 1.52. The number of methoxy groups -OCH3 is 1. The van der Waals surface area contributed by atoms with Gasteiger partial charge in [-0.1, -0.05) is 37.6 Å². The van der Waals surface area contributed by atoms with Crippen LogP contribution in [0.2, 0.25) is 5.02 Å². The van der Waals surface area contributed by atoms with E-state index in [0.717, 1.165) is 0 Å². The van der Waals surface area contributed by atoms with Crippen LogP contribution in [0.25, 0.3) is 0 Å². The number of carbonyl (C=O) groups is 2. The number of benzene rings is 2. The van der Waals surface area contributed by atoms with Crippen molar-refractivity contribution in [2.75, 3.05) is 19.0 Å². The van der Waals surface area contributed by atoms with E-state index in [1.165, 1.54) is 7.11 Å². The monoisotopic (exact) mass is 404 g/mol. The summed E-state index contributed by atoms with van der Waals surface area (Å²) in [5, 5.41) is 5.97. The molecule has 2 N–H and O–H groups in total. The second kappa shape index (κ2) is 9.99. The highest BCUT2D eigenvalue weighted by Gasteiger charge is 2.26. The first-order chi connectivity index (χ1) is 13.4. The summed E-state index contributed by atoms with van der Waals surface area (Å²) in [5.74, 6) is 0.161. The van der Waals surface area contributed by atoms with Crippen LogP contribution in [0.4, 0.5) is 5.69 Å². The van der Waals surface area contributed by atoms with Crippen molar-refractivity contribution in [1.29, 1.82) is 0 Å². The molecule has 150 valence electrons. The number of nitrogens with one attached hydrogen (secondary N) is 2. The molecule has 0 unspecified atom stereocenters. The van der Waals surface area contributed by atoms with Crippen LogP contribution in [0.15, 0.2) is 42.5 Å². The first kappa shape index (κ1) is 21.6. The number of para-hydroxylation sites is 1. The number of hydrogen-bond donors (Lipinski definition) is 2. The molecule has 2 rings (SSSR count). The Labute approximate surface area is 170 Å². The summed E-state index contributed by atoms with van der Waals surface area (Å²) in [5.41, 5.74) is 0.903. The Morgan fingerprint density at radius 3 is 2.43 bits per heavy atom. The van der Waals surface area contributed by atoms with Crippen molar-refractivity contribution in [2.45, 2.75) is 26.8 Å². The van der Waals surface area contributed by atoms with Crippen LogP contribution in [0, 0.1) is 5.92 Å². The average molecular weight is 405 g/mol. The van der Waals surface area contributed by atoms with Crippen molar-refractivity contribution in [3.8, 4) is 11.5 Å². The molecule has 0 saturated carbocycles. The number of amides is 2. The van der Waals surface area contributed by atoms with E-state index in [2.05, 4.69) is 10.6 Å². The maximum absolute atomic E-state index is 12.8. The molecule has 0 aliphatic carbocycles. The van der Waals surface area contributed by atoms with Gasteiger partial charge in [0.1, 0.15) is 17.5 Å². The van der Waals surface area contributed by atoms with Crippen LogP contribution in [0.3, 0.4) is 0 Å². The Bertz CT molecular complexity index is 839. The normalized spacial score (nSPS) is 11.6. The zero-order valence-corrected chi connectivity index (χ0v) is 17.2. The van der Waals surface area contributed by atoms with Gasteiger partial charge in [-0.2, -0.15) is 0 Å². The van der Waals surface area contributed by atoms with Crippen LogP contribution >= 0.6 is 11.6 Å². The van der Waals surface area contributed by atoms with Crippen molar-refractivity contribution >= 4 is 29.1 Å². The maximum atomic E-state index is 12.8. The third-order valence-corrected chi connectivity index (χ3v) is 4.38. The molecule has 1 atom stereocenters. The molecule has 0 bridgehead atoms. The number of carbonyl (C=O) groups excluding carboxylic acids is 2. The Balaban J connectivity index is 2.15. The van der Waals surface area contributed by atoms with E-state index in [4.69, 9.17) is 21.1 Å². The Hall–Kier alpha value is -2.73. The third kappa shape index (κ3) is 5.39. The minimum atomic E-state index is -0.733. The summed E-state index contributed by atoms with van der Waals surface area (Å²) in [6.07, 6.45) is 0. The molecule has 2 amide bonds. The average Bonchev–Trinajstić information content (AvgIpc) is 2.66. The summed E-state index contributed by atoms with van der Waals surface area (Å²) in [6.45, 7) is 6.01. The standard InChI is InChI=1S/C21H25ClN2O4/c1-5-28-17-9-7-6-8-15(17)20(25)24-19(13(2)3)21(26)23-14-10-11-18(27-4)16(22)12-14/h6-13,19H,5H2,1-4H3,(H,23,26)(H,24,25)/t19-/m0/s1. The molecule has 0 radical (unpaired) electrons. The Morgan fingerprint density at radius 2 is 1.82 bits per heavy atom. The molecule has 7 heteroatoms. The van der Waals surface area contributed by atoms with E-state index in [0.29, 0.717) is 34.4 Å². The van der Waals surface area contributed by atoms with E-state index in [1.807, 2.05) is 20.8 Å². The number of rotatable bonds is 8. The van der Waals surface area contributed by atoms with Crippen LogP contribution < -0.4 is 20.1 Å². The van der Waals surface area contributed by atoms with Crippen molar-refractivity contribution in [2.24, 2.45) is 5.92 Å².